The SMILES string of the molecule is COc1ccc(CN(C)c2ccc([N+](=O)[O-])c3cnccc23)cc1F. The molecule has 3 aromatic rings. The highest BCUT2D eigenvalue weighted by atomic mass is 19.1. The van der Waals surface area contributed by atoms with E-state index in [1.54, 1.807) is 30.5 Å². The Labute approximate surface area is 143 Å². The number of fused-ring (bicyclic) bond motifs is 1. The first-order chi connectivity index (χ1) is 12.0. The molecular weight excluding hydrogens is 325 g/mol. The molecule has 0 unspecified atom stereocenters. The Morgan fingerprint density at radius 3 is 2.72 bits per heavy atom. The van der Waals surface area contributed by atoms with Crippen molar-refractivity contribution in [2.45, 2.75) is 6.54 Å². The van der Waals surface area contributed by atoms with Gasteiger partial charge in [-0.2, -0.15) is 0 Å². The Balaban J connectivity index is 1.97. The molecular formula is C18H16FN3O3. The summed E-state index contributed by atoms with van der Waals surface area (Å²) in [5.74, 6) is -0.232. The van der Waals surface area contributed by atoms with Gasteiger partial charge in [-0.25, -0.2) is 4.39 Å². The van der Waals surface area contributed by atoms with Crippen molar-refractivity contribution in [2.24, 2.45) is 0 Å². The molecule has 6 nitrogen and oxygen atoms in total. The van der Waals surface area contributed by atoms with Crippen LogP contribution in [0.4, 0.5) is 15.8 Å². The van der Waals surface area contributed by atoms with Crippen LogP contribution in [-0.4, -0.2) is 24.1 Å². The molecule has 0 aliphatic rings. The second kappa shape index (κ2) is 6.72. The predicted octanol–water partition coefficient (Wildman–Crippen LogP) is 3.93. The summed E-state index contributed by atoms with van der Waals surface area (Å²) in [6.07, 6.45) is 3.08. The van der Waals surface area contributed by atoms with Gasteiger partial charge in [0.25, 0.3) is 5.69 Å². The maximum atomic E-state index is 13.9. The van der Waals surface area contributed by atoms with Crippen LogP contribution >= 0.6 is 0 Å². The number of non-ortho nitro benzene ring substituents is 1. The molecule has 0 aliphatic carbocycles. The fraction of sp³-hybridized carbons (Fsp3) is 0.167. The molecule has 0 atom stereocenters. The quantitative estimate of drug-likeness (QED) is 0.519. The molecule has 0 spiro atoms. The van der Waals surface area contributed by atoms with E-state index in [2.05, 4.69) is 4.98 Å². The zero-order valence-electron chi connectivity index (χ0n) is 13.8. The molecule has 3 rings (SSSR count). The summed E-state index contributed by atoms with van der Waals surface area (Å²) < 4.78 is 18.8. The van der Waals surface area contributed by atoms with Crippen LogP contribution in [0.25, 0.3) is 10.8 Å². The molecule has 128 valence electrons. The molecule has 0 saturated heterocycles. The Hall–Kier alpha value is -3.22. The normalized spacial score (nSPS) is 10.7. The highest BCUT2D eigenvalue weighted by molar-refractivity contribution is 5.99. The van der Waals surface area contributed by atoms with E-state index < -0.39 is 10.7 Å². The van der Waals surface area contributed by atoms with Crippen molar-refractivity contribution in [3.05, 3.63) is 70.3 Å². The molecule has 0 N–H and O–H groups in total. The number of benzene rings is 2. The van der Waals surface area contributed by atoms with Gasteiger partial charge in [-0.1, -0.05) is 6.07 Å². The number of nitro benzene ring substituents is 1. The summed E-state index contributed by atoms with van der Waals surface area (Å²) in [6, 6.07) is 9.68. The van der Waals surface area contributed by atoms with Crippen molar-refractivity contribution in [1.29, 1.82) is 0 Å². The van der Waals surface area contributed by atoms with Crippen LogP contribution in [0.15, 0.2) is 48.8 Å². The molecule has 0 saturated carbocycles. The summed E-state index contributed by atoms with van der Waals surface area (Å²) in [7, 11) is 3.27. The molecule has 25 heavy (non-hydrogen) atoms. The molecule has 0 aliphatic heterocycles. The lowest BCUT2D eigenvalue weighted by Gasteiger charge is -2.21. The molecule has 0 amide bonds. The van der Waals surface area contributed by atoms with Gasteiger partial charge < -0.3 is 9.64 Å². The number of nitro groups is 1. The van der Waals surface area contributed by atoms with Crippen LogP contribution in [0.1, 0.15) is 5.56 Å². The number of ether oxygens (including phenoxy) is 1. The van der Waals surface area contributed by atoms with E-state index >= 15 is 0 Å². The highest BCUT2D eigenvalue weighted by Crippen LogP contribution is 2.33. The molecule has 0 bridgehead atoms. The topological polar surface area (TPSA) is 68.5 Å². The van der Waals surface area contributed by atoms with E-state index in [0.29, 0.717) is 11.9 Å². The van der Waals surface area contributed by atoms with Gasteiger partial charge in [-0.05, 0) is 29.8 Å². The number of aromatic nitrogens is 1. The zero-order valence-corrected chi connectivity index (χ0v) is 13.8. The Morgan fingerprint density at radius 1 is 1.24 bits per heavy atom. The highest BCUT2D eigenvalue weighted by Gasteiger charge is 2.16. The van der Waals surface area contributed by atoms with Crippen molar-refractivity contribution in [1.82, 2.24) is 4.98 Å². The predicted molar refractivity (Wildman–Crippen MR) is 93.5 cm³/mol. The minimum absolute atomic E-state index is 0.00995. The summed E-state index contributed by atoms with van der Waals surface area (Å²) >= 11 is 0. The fourth-order valence-electron chi connectivity index (χ4n) is 2.82. The van der Waals surface area contributed by atoms with Gasteiger partial charge in [0.1, 0.15) is 0 Å². The van der Waals surface area contributed by atoms with Gasteiger partial charge in [-0.15, -0.1) is 0 Å². The Kier molecular flexibility index (Phi) is 4.47. The Bertz CT molecular complexity index is 946. The molecule has 0 fully saturated rings. The zero-order chi connectivity index (χ0) is 18.0. The standard InChI is InChI=1S/C18H16FN3O3/c1-21(11-12-3-6-18(25-2)15(19)9-12)16-4-5-17(22(23)24)14-10-20-8-7-13(14)16/h3-10H,11H2,1-2H3. The first-order valence-electron chi connectivity index (χ1n) is 7.56. The van der Waals surface area contributed by atoms with Gasteiger partial charge in [0.15, 0.2) is 11.6 Å². The van der Waals surface area contributed by atoms with Gasteiger partial charge in [0.2, 0.25) is 0 Å². The number of anilines is 1. The van der Waals surface area contributed by atoms with Gasteiger partial charge in [0.05, 0.1) is 17.4 Å². The third-order valence-corrected chi connectivity index (χ3v) is 4.02. The van der Waals surface area contributed by atoms with Crippen LogP contribution in [0.2, 0.25) is 0 Å². The fourth-order valence-corrected chi connectivity index (χ4v) is 2.82. The maximum absolute atomic E-state index is 13.9. The first kappa shape index (κ1) is 16.6. The van der Waals surface area contributed by atoms with Crippen molar-refractivity contribution in [2.75, 3.05) is 19.1 Å². The number of pyridine rings is 1. The lowest BCUT2D eigenvalue weighted by Crippen LogP contribution is -2.17. The first-order valence-corrected chi connectivity index (χ1v) is 7.56. The monoisotopic (exact) mass is 341 g/mol. The van der Waals surface area contributed by atoms with Crippen LogP contribution in [-0.2, 0) is 6.54 Å². The second-order valence-corrected chi connectivity index (χ2v) is 5.61. The van der Waals surface area contributed by atoms with Crippen molar-refractivity contribution < 1.29 is 14.1 Å². The lowest BCUT2D eigenvalue weighted by molar-refractivity contribution is -0.383. The van der Waals surface area contributed by atoms with Crippen molar-refractivity contribution in [3.8, 4) is 5.75 Å². The number of hydrogen-bond acceptors (Lipinski definition) is 5. The van der Waals surface area contributed by atoms with E-state index in [-0.39, 0.29) is 11.4 Å². The average Bonchev–Trinajstić information content (AvgIpc) is 2.60. The number of nitrogens with zero attached hydrogens (tertiary/aromatic N) is 3. The van der Waals surface area contributed by atoms with E-state index in [4.69, 9.17) is 4.74 Å². The summed E-state index contributed by atoms with van der Waals surface area (Å²) in [4.78, 5) is 16.7. The lowest BCUT2D eigenvalue weighted by atomic mass is 10.1. The second-order valence-electron chi connectivity index (χ2n) is 5.61. The largest absolute Gasteiger partial charge is 0.494 e. The third kappa shape index (κ3) is 3.21. The molecule has 2 aromatic carbocycles. The minimum atomic E-state index is -0.425. The molecule has 1 aromatic heterocycles. The average molecular weight is 341 g/mol. The molecule has 0 radical (unpaired) electrons. The van der Waals surface area contributed by atoms with Gasteiger partial charge in [0, 0.05) is 43.1 Å². The summed E-state index contributed by atoms with van der Waals surface area (Å²) in [5, 5.41) is 12.4. The number of rotatable bonds is 5. The molecule has 1 heterocycles. The van der Waals surface area contributed by atoms with Crippen LogP contribution in [0, 0.1) is 15.9 Å². The number of methoxy groups -OCH3 is 1. The number of halogens is 1. The van der Waals surface area contributed by atoms with E-state index in [1.165, 1.54) is 25.4 Å². The third-order valence-electron chi connectivity index (χ3n) is 4.02. The van der Waals surface area contributed by atoms with Crippen molar-refractivity contribution >= 4 is 22.1 Å². The van der Waals surface area contributed by atoms with E-state index in [0.717, 1.165) is 16.6 Å². The maximum Gasteiger partial charge on any atom is 0.278 e. The van der Waals surface area contributed by atoms with E-state index in [9.17, 15) is 14.5 Å². The van der Waals surface area contributed by atoms with Gasteiger partial charge >= 0.3 is 0 Å². The Morgan fingerprint density at radius 2 is 2.04 bits per heavy atom. The smallest absolute Gasteiger partial charge is 0.278 e. The van der Waals surface area contributed by atoms with E-state index in [1.807, 2.05) is 11.9 Å². The van der Waals surface area contributed by atoms with Crippen LogP contribution in [0.5, 0.6) is 5.75 Å². The van der Waals surface area contributed by atoms with Crippen molar-refractivity contribution in [3.63, 3.8) is 0 Å². The molecule has 7 heteroatoms. The van der Waals surface area contributed by atoms with Crippen LogP contribution < -0.4 is 9.64 Å². The van der Waals surface area contributed by atoms with Gasteiger partial charge in [-0.3, -0.25) is 15.1 Å². The summed E-state index contributed by atoms with van der Waals surface area (Å²) in [5.41, 5.74) is 1.58. The van der Waals surface area contributed by atoms with Crippen LogP contribution in [0.3, 0.4) is 0 Å². The summed E-state index contributed by atoms with van der Waals surface area (Å²) in [6.45, 7) is 0.441. The number of hydrogen-bond donors (Lipinski definition) is 0. The minimum Gasteiger partial charge on any atom is -0.494 e.